The van der Waals surface area contributed by atoms with Crippen LogP contribution in [0.25, 0.3) is 0 Å². The lowest BCUT2D eigenvalue weighted by atomic mass is 9.93. The van der Waals surface area contributed by atoms with E-state index in [0.717, 1.165) is 18.4 Å². The van der Waals surface area contributed by atoms with Gasteiger partial charge in [0.15, 0.2) is 0 Å². The average molecular weight is 185 g/mol. The molecule has 0 radical (unpaired) electrons. The van der Waals surface area contributed by atoms with Crippen LogP contribution in [0.3, 0.4) is 0 Å². The quantitative estimate of drug-likeness (QED) is 0.614. The number of rotatable bonds is 8. The van der Waals surface area contributed by atoms with Gasteiger partial charge in [0.1, 0.15) is 0 Å². The zero-order chi connectivity index (χ0) is 10.1. The summed E-state index contributed by atoms with van der Waals surface area (Å²) in [6.45, 7) is 7.82. The van der Waals surface area contributed by atoms with E-state index in [1.807, 2.05) is 0 Å². The second-order valence-electron chi connectivity index (χ2n) is 4.51. The van der Waals surface area contributed by atoms with E-state index in [1.54, 1.807) is 0 Å². The van der Waals surface area contributed by atoms with Crippen molar-refractivity contribution in [2.75, 3.05) is 6.54 Å². The van der Waals surface area contributed by atoms with Crippen LogP contribution in [0.5, 0.6) is 0 Å². The van der Waals surface area contributed by atoms with Crippen molar-refractivity contribution in [1.82, 2.24) is 0 Å². The number of hydrogen-bond donors (Lipinski definition) is 1. The molecule has 0 heterocycles. The fourth-order valence-corrected chi connectivity index (χ4v) is 1.69. The standard InChI is InChI=1S/C12H27N/c1-4-5-6-11(2)7-8-12(3)9-10-13/h11-12H,4-10,13H2,1-3H3. The highest BCUT2D eigenvalue weighted by Crippen LogP contribution is 2.18. The molecule has 0 aliphatic heterocycles. The minimum atomic E-state index is 0.828. The Kier molecular flexibility index (Phi) is 8.53. The highest BCUT2D eigenvalue weighted by molar-refractivity contribution is 4.58. The SMILES string of the molecule is CCCCC(C)CCC(C)CCN. The second kappa shape index (κ2) is 8.55. The van der Waals surface area contributed by atoms with E-state index < -0.39 is 0 Å². The molecule has 0 aromatic rings. The molecule has 0 aromatic heterocycles. The van der Waals surface area contributed by atoms with E-state index in [-0.39, 0.29) is 0 Å². The lowest BCUT2D eigenvalue weighted by Crippen LogP contribution is -2.07. The zero-order valence-electron chi connectivity index (χ0n) is 9.68. The van der Waals surface area contributed by atoms with E-state index in [1.165, 1.54) is 38.5 Å². The van der Waals surface area contributed by atoms with Crippen LogP contribution >= 0.6 is 0 Å². The molecule has 0 fully saturated rings. The van der Waals surface area contributed by atoms with Crippen LogP contribution in [0.1, 0.15) is 59.3 Å². The predicted molar refractivity (Wildman–Crippen MR) is 60.8 cm³/mol. The molecule has 0 aliphatic carbocycles. The lowest BCUT2D eigenvalue weighted by Gasteiger charge is -2.14. The van der Waals surface area contributed by atoms with Gasteiger partial charge in [-0.3, -0.25) is 0 Å². The van der Waals surface area contributed by atoms with Gasteiger partial charge in [0.25, 0.3) is 0 Å². The maximum absolute atomic E-state index is 5.52. The summed E-state index contributed by atoms with van der Waals surface area (Å²) in [5.41, 5.74) is 5.52. The second-order valence-corrected chi connectivity index (χ2v) is 4.51. The maximum Gasteiger partial charge on any atom is -0.00747 e. The highest BCUT2D eigenvalue weighted by Gasteiger charge is 2.05. The molecule has 2 atom stereocenters. The first-order chi connectivity index (χ1) is 6.20. The summed E-state index contributed by atoms with van der Waals surface area (Å²) in [6.07, 6.45) is 8.09. The molecule has 0 saturated heterocycles. The van der Waals surface area contributed by atoms with Gasteiger partial charge in [0.2, 0.25) is 0 Å². The normalized spacial score (nSPS) is 15.7. The molecule has 13 heavy (non-hydrogen) atoms. The van der Waals surface area contributed by atoms with Crippen LogP contribution < -0.4 is 5.73 Å². The van der Waals surface area contributed by atoms with Crippen molar-refractivity contribution in [1.29, 1.82) is 0 Å². The minimum Gasteiger partial charge on any atom is -0.330 e. The molecule has 0 spiro atoms. The topological polar surface area (TPSA) is 26.0 Å². The Morgan fingerprint density at radius 2 is 1.46 bits per heavy atom. The van der Waals surface area contributed by atoms with Gasteiger partial charge in [0, 0.05) is 0 Å². The fraction of sp³-hybridized carbons (Fsp3) is 1.00. The van der Waals surface area contributed by atoms with Crippen LogP contribution in [-0.2, 0) is 0 Å². The monoisotopic (exact) mass is 185 g/mol. The van der Waals surface area contributed by atoms with Gasteiger partial charge in [0.05, 0.1) is 0 Å². The first kappa shape index (κ1) is 13.0. The third-order valence-corrected chi connectivity index (χ3v) is 2.86. The Morgan fingerprint density at radius 1 is 0.923 bits per heavy atom. The van der Waals surface area contributed by atoms with Crippen molar-refractivity contribution in [3.63, 3.8) is 0 Å². The molecule has 1 heteroatoms. The zero-order valence-corrected chi connectivity index (χ0v) is 9.68. The van der Waals surface area contributed by atoms with Gasteiger partial charge in [-0.2, -0.15) is 0 Å². The summed E-state index contributed by atoms with van der Waals surface area (Å²) in [6, 6.07) is 0. The van der Waals surface area contributed by atoms with E-state index in [4.69, 9.17) is 5.73 Å². The number of unbranched alkanes of at least 4 members (excludes halogenated alkanes) is 1. The first-order valence-corrected chi connectivity index (χ1v) is 5.90. The molecule has 1 nitrogen and oxygen atoms in total. The molecule has 0 bridgehead atoms. The van der Waals surface area contributed by atoms with Gasteiger partial charge >= 0.3 is 0 Å². The minimum absolute atomic E-state index is 0.828. The smallest absolute Gasteiger partial charge is 0.00747 e. The van der Waals surface area contributed by atoms with Gasteiger partial charge < -0.3 is 5.73 Å². The van der Waals surface area contributed by atoms with E-state index in [9.17, 15) is 0 Å². The highest BCUT2D eigenvalue weighted by atomic mass is 14.5. The van der Waals surface area contributed by atoms with E-state index in [0.29, 0.717) is 0 Å². The Bertz CT molecular complexity index is 101. The summed E-state index contributed by atoms with van der Waals surface area (Å²) in [5, 5.41) is 0. The third kappa shape index (κ3) is 8.29. The van der Waals surface area contributed by atoms with E-state index >= 15 is 0 Å². The van der Waals surface area contributed by atoms with Crippen LogP contribution in [0.2, 0.25) is 0 Å². The molecule has 80 valence electrons. The van der Waals surface area contributed by atoms with E-state index in [2.05, 4.69) is 20.8 Å². The maximum atomic E-state index is 5.52. The predicted octanol–water partition coefficient (Wildman–Crippen LogP) is 3.58. The molecular weight excluding hydrogens is 158 g/mol. The summed E-state index contributed by atoms with van der Waals surface area (Å²) >= 11 is 0. The van der Waals surface area contributed by atoms with Crippen molar-refractivity contribution in [3.05, 3.63) is 0 Å². The van der Waals surface area contributed by atoms with Crippen molar-refractivity contribution >= 4 is 0 Å². The molecule has 0 saturated carbocycles. The summed E-state index contributed by atoms with van der Waals surface area (Å²) in [5.74, 6) is 1.74. The molecule has 0 aromatic carbocycles. The largest absolute Gasteiger partial charge is 0.330 e. The number of hydrogen-bond acceptors (Lipinski definition) is 1. The average Bonchev–Trinajstić information content (AvgIpc) is 2.12. The van der Waals surface area contributed by atoms with Gasteiger partial charge in [-0.1, -0.05) is 52.9 Å². The molecule has 0 rings (SSSR count). The van der Waals surface area contributed by atoms with Crippen molar-refractivity contribution in [2.45, 2.75) is 59.3 Å². The Hall–Kier alpha value is -0.0400. The first-order valence-electron chi connectivity index (χ1n) is 5.90. The lowest BCUT2D eigenvalue weighted by molar-refractivity contribution is 0.393. The Labute approximate surface area is 84.1 Å². The summed E-state index contributed by atoms with van der Waals surface area (Å²) in [4.78, 5) is 0. The third-order valence-electron chi connectivity index (χ3n) is 2.86. The van der Waals surface area contributed by atoms with Gasteiger partial charge in [-0.05, 0) is 24.8 Å². The van der Waals surface area contributed by atoms with Crippen LogP contribution in [0.15, 0.2) is 0 Å². The van der Waals surface area contributed by atoms with Crippen molar-refractivity contribution < 1.29 is 0 Å². The molecule has 0 aliphatic rings. The van der Waals surface area contributed by atoms with Gasteiger partial charge in [-0.25, -0.2) is 0 Å². The van der Waals surface area contributed by atoms with Crippen LogP contribution in [-0.4, -0.2) is 6.54 Å². The molecule has 2 unspecified atom stereocenters. The summed E-state index contributed by atoms with van der Waals surface area (Å²) < 4.78 is 0. The Morgan fingerprint density at radius 3 is 1.92 bits per heavy atom. The van der Waals surface area contributed by atoms with Gasteiger partial charge in [-0.15, -0.1) is 0 Å². The van der Waals surface area contributed by atoms with Crippen LogP contribution in [0, 0.1) is 11.8 Å². The molecular formula is C12H27N. The molecule has 0 amide bonds. The van der Waals surface area contributed by atoms with Crippen molar-refractivity contribution in [3.8, 4) is 0 Å². The summed E-state index contributed by atoms with van der Waals surface area (Å²) in [7, 11) is 0. The molecule has 2 N–H and O–H groups in total. The Balaban J connectivity index is 3.29. The number of nitrogens with two attached hydrogens (primary N) is 1. The van der Waals surface area contributed by atoms with Crippen molar-refractivity contribution in [2.24, 2.45) is 17.6 Å². The van der Waals surface area contributed by atoms with Crippen LogP contribution in [0.4, 0.5) is 0 Å². The fourth-order valence-electron chi connectivity index (χ4n) is 1.69.